The molecule has 2 aliphatic heterocycles. The number of anilines is 1. The van der Waals surface area contributed by atoms with E-state index in [1.54, 1.807) is 24.3 Å². The molecule has 3 rings (SSSR count). The summed E-state index contributed by atoms with van der Waals surface area (Å²) in [6.45, 7) is 2.84. The van der Waals surface area contributed by atoms with Crippen LogP contribution in [0.5, 0.6) is 5.75 Å². The second kappa shape index (κ2) is 8.12. The van der Waals surface area contributed by atoms with Crippen LogP contribution in [0.15, 0.2) is 35.5 Å². The third kappa shape index (κ3) is 3.55. The standard InChI is InChI=1S/C19H21N3O6/c1-3-28-14-7-5-4-6-11(14)21-17(24)12-10-13(23)15(19(26)27-2)16-18(25)20-8-9-22(12)16/h4-7,12H,3,8-10H2,1-2H3,(H,20,25)(H,21,24)/t12-/m0/s1. The number of benzene rings is 1. The van der Waals surface area contributed by atoms with Crippen LogP contribution in [0, 0.1) is 0 Å². The number of ether oxygens (including phenoxy) is 2. The van der Waals surface area contributed by atoms with E-state index >= 15 is 0 Å². The maximum atomic E-state index is 12.9. The minimum absolute atomic E-state index is 0.118. The number of methoxy groups -OCH3 is 1. The van der Waals surface area contributed by atoms with Crippen LogP contribution in [0.2, 0.25) is 0 Å². The topological polar surface area (TPSA) is 114 Å². The maximum Gasteiger partial charge on any atom is 0.343 e. The van der Waals surface area contributed by atoms with Crippen LogP contribution in [-0.4, -0.2) is 61.3 Å². The Bertz CT molecular complexity index is 863. The minimum atomic E-state index is -0.920. The quantitative estimate of drug-likeness (QED) is 0.549. The molecular formula is C19H21N3O6. The van der Waals surface area contributed by atoms with Gasteiger partial charge >= 0.3 is 5.97 Å². The number of Topliss-reactive ketones (excluding diaryl/α,β-unsaturated/α-hetero) is 1. The number of ketones is 1. The normalized spacial score (nSPS) is 18.9. The van der Waals surface area contributed by atoms with E-state index in [1.165, 1.54) is 4.90 Å². The van der Waals surface area contributed by atoms with Crippen molar-refractivity contribution in [3.8, 4) is 5.75 Å². The maximum absolute atomic E-state index is 12.9. The molecule has 1 aromatic carbocycles. The summed E-state index contributed by atoms with van der Waals surface area (Å²) in [6.07, 6.45) is -0.232. The average Bonchev–Trinajstić information content (AvgIpc) is 2.69. The minimum Gasteiger partial charge on any atom is -0.492 e. The third-order valence-electron chi connectivity index (χ3n) is 4.55. The first-order valence-electron chi connectivity index (χ1n) is 8.91. The van der Waals surface area contributed by atoms with Crippen molar-refractivity contribution in [3.05, 3.63) is 35.5 Å². The number of para-hydroxylation sites is 2. The molecule has 9 heteroatoms. The zero-order valence-corrected chi connectivity index (χ0v) is 15.6. The zero-order valence-electron chi connectivity index (χ0n) is 15.6. The molecule has 2 aliphatic rings. The van der Waals surface area contributed by atoms with Crippen molar-refractivity contribution in [2.45, 2.75) is 19.4 Å². The molecule has 0 bridgehead atoms. The van der Waals surface area contributed by atoms with Gasteiger partial charge in [-0.3, -0.25) is 14.4 Å². The number of carbonyl (C=O) groups excluding carboxylic acids is 4. The van der Waals surface area contributed by atoms with Crippen LogP contribution in [0.1, 0.15) is 13.3 Å². The molecule has 9 nitrogen and oxygen atoms in total. The fraction of sp³-hybridized carbons (Fsp3) is 0.368. The highest BCUT2D eigenvalue weighted by Gasteiger charge is 2.44. The molecule has 28 heavy (non-hydrogen) atoms. The van der Waals surface area contributed by atoms with Crippen molar-refractivity contribution >= 4 is 29.3 Å². The first-order chi connectivity index (χ1) is 13.5. The lowest BCUT2D eigenvalue weighted by Crippen LogP contribution is -2.57. The van der Waals surface area contributed by atoms with Gasteiger partial charge in [-0.2, -0.15) is 0 Å². The Kier molecular flexibility index (Phi) is 5.62. The molecule has 0 radical (unpaired) electrons. The molecule has 1 atom stereocenters. The van der Waals surface area contributed by atoms with E-state index in [4.69, 9.17) is 4.74 Å². The van der Waals surface area contributed by atoms with Crippen LogP contribution in [0.4, 0.5) is 5.69 Å². The van der Waals surface area contributed by atoms with Crippen molar-refractivity contribution in [2.24, 2.45) is 0 Å². The van der Waals surface area contributed by atoms with Crippen molar-refractivity contribution in [1.82, 2.24) is 10.2 Å². The number of carbonyl (C=O) groups is 4. The van der Waals surface area contributed by atoms with Crippen LogP contribution in [-0.2, 0) is 23.9 Å². The third-order valence-corrected chi connectivity index (χ3v) is 4.55. The number of fused-ring (bicyclic) bond motifs is 1. The predicted molar refractivity (Wildman–Crippen MR) is 98.4 cm³/mol. The molecule has 0 unspecified atom stereocenters. The fourth-order valence-electron chi connectivity index (χ4n) is 3.32. The fourth-order valence-corrected chi connectivity index (χ4v) is 3.32. The predicted octanol–water partition coefficient (Wildman–Crippen LogP) is 0.224. The summed E-state index contributed by atoms with van der Waals surface area (Å²) in [5, 5.41) is 5.36. The zero-order chi connectivity index (χ0) is 20.3. The molecule has 0 saturated carbocycles. The summed E-state index contributed by atoms with van der Waals surface area (Å²) in [4.78, 5) is 51.4. The van der Waals surface area contributed by atoms with E-state index in [-0.39, 0.29) is 17.7 Å². The Balaban J connectivity index is 1.92. The van der Waals surface area contributed by atoms with E-state index in [0.29, 0.717) is 31.1 Å². The van der Waals surface area contributed by atoms with Gasteiger partial charge in [-0.05, 0) is 19.1 Å². The number of hydrogen-bond donors (Lipinski definition) is 2. The summed E-state index contributed by atoms with van der Waals surface area (Å²) in [5.74, 6) is -2.03. The summed E-state index contributed by atoms with van der Waals surface area (Å²) >= 11 is 0. The Morgan fingerprint density at radius 3 is 2.75 bits per heavy atom. The molecule has 148 valence electrons. The molecule has 2 amide bonds. The van der Waals surface area contributed by atoms with Crippen molar-refractivity contribution in [1.29, 1.82) is 0 Å². The van der Waals surface area contributed by atoms with E-state index in [9.17, 15) is 19.2 Å². The molecule has 1 aromatic rings. The number of nitrogens with one attached hydrogen (secondary N) is 2. The van der Waals surface area contributed by atoms with Gasteiger partial charge in [0.2, 0.25) is 5.91 Å². The molecule has 0 spiro atoms. The van der Waals surface area contributed by atoms with Crippen LogP contribution in [0.25, 0.3) is 0 Å². The molecule has 2 N–H and O–H groups in total. The monoisotopic (exact) mass is 387 g/mol. The van der Waals surface area contributed by atoms with Gasteiger partial charge in [0.15, 0.2) is 5.78 Å². The summed E-state index contributed by atoms with van der Waals surface area (Å²) in [7, 11) is 1.14. The van der Waals surface area contributed by atoms with Gasteiger partial charge in [-0.25, -0.2) is 4.79 Å². The number of nitrogens with zero attached hydrogens (tertiary/aromatic N) is 1. The van der Waals surface area contributed by atoms with E-state index in [1.807, 2.05) is 6.92 Å². The first-order valence-corrected chi connectivity index (χ1v) is 8.91. The molecule has 2 heterocycles. The van der Waals surface area contributed by atoms with Gasteiger partial charge in [0.1, 0.15) is 23.1 Å². The van der Waals surface area contributed by atoms with E-state index < -0.39 is 29.6 Å². The highest BCUT2D eigenvalue weighted by molar-refractivity contribution is 6.24. The first kappa shape index (κ1) is 19.4. The van der Waals surface area contributed by atoms with Crippen molar-refractivity contribution < 1.29 is 28.7 Å². The average molecular weight is 387 g/mol. The number of rotatable bonds is 5. The second-order valence-corrected chi connectivity index (χ2v) is 6.23. The van der Waals surface area contributed by atoms with E-state index in [0.717, 1.165) is 7.11 Å². The smallest absolute Gasteiger partial charge is 0.343 e. The van der Waals surface area contributed by atoms with Gasteiger partial charge in [0.25, 0.3) is 5.91 Å². The molecule has 0 aromatic heterocycles. The van der Waals surface area contributed by atoms with Crippen LogP contribution >= 0.6 is 0 Å². The number of hydrogen-bond acceptors (Lipinski definition) is 7. The van der Waals surface area contributed by atoms with Gasteiger partial charge in [-0.15, -0.1) is 0 Å². The lowest BCUT2D eigenvalue weighted by molar-refractivity contribution is -0.141. The lowest BCUT2D eigenvalue weighted by Gasteiger charge is -2.40. The van der Waals surface area contributed by atoms with Gasteiger partial charge in [0, 0.05) is 19.5 Å². The molecule has 1 fully saturated rings. The summed E-state index contributed by atoms with van der Waals surface area (Å²) in [5.41, 5.74) is 0.0265. The van der Waals surface area contributed by atoms with Crippen LogP contribution < -0.4 is 15.4 Å². The van der Waals surface area contributed by atoms with Crippen molar-refractivity contribution in [3.63, 3.8) is 0 Å². The molecular weight excluding hydrogens is 366 g/mol. The Labute approximate surface area is 161 Å². The highest BCUT2D eigenvalue weighted by atomic mass is 16.5. The summed E-state index contributed by atoms with van der Waals surface area (Å²) in [6, 6.07) is 6.02. The Morgan fingerprint density at radius 2 is 2.04 bits per heavy atom. The molecule has 0 aliphatic carbocycles. The SMILES string of the molecule is CCOc1ccccc1NC(=O)[C@@H]1CC(=O)C(C(=O)OC)=C2C(=O)NCCN21. The van der Waals surface area contributed by atoms with Gasteiger partial charge in [-0.1, -0.05) is 12.1 Å². The van der Waals surface area contributed by atoms with Crippen molar-refractivity contribution in [2.75, 3.05) is 32.1 Å². The second-order valence-electron chi connectivity index (χ2n) is 6.23. The summed E-state index contributed by atoms with van der Waals surface area (Å²) < 4.78 is 10.2. The molecule has 1 saturated heterocycles. The highest BCUT2D eigenvalue weighted by Crippen LogP contribution is 2.30. The number of esters is 1. The lowest BCUT2D eigenvalue weighted by atomic mass is 9.92. The Morgan fingerprint density at radius 1 is 1.29 bits per heavy atom. The largest absolute Gasteiger partial charge is 0.492 e. The number of amides is 2. The van der Waals surface area contributed by atoms with Gasteiger partial charge in [0.05, 0.1) is 19.4 Å². The number of piperazine rings is 1. The van der Waals surface area contributed by atoms with Crippen LogP contribution in [0.3, 0.4) is 0 Å². The van der Waals surface area contributed by atoms with E-state index in [2.05, 4.69) is 15.4 Å². The van der Waals surface area contributed by atoms with Gasteiger partial charge < -0.3 is 25.0 Å². The Hall–Kier alpha value is -3.36.